The summed E-state index contributed by atoms with van der Waals surface area (Å²) < 4.78 is 13.3. The zero-order valence-corrected chi connectivity index (χ0v) is 20.3. The van der Waals surface area contributed by atoms with Crippen LogP contribution >= 0.6 is 66.1 Å². The van der Waals surface area contributed by atoms with Gasteiger partial charge < -0.3 is 0 Å². The molecular weight excluding hydrogens is 538 g/mol. The Labute approximate surface area is 191 Å². The zero-order valence-electron chi connectivity index (χ0n) is 14.7. The predicted molar refractivity (Wildman–Crippen MR) is 130 cm³/mol. The summed E-state index contributed by atoms with van der Waals surface area (Å²) in [6.07, 6.45) is 0. The van der Waals surface area contributed by atoms with Crippen molar-refractivity contribution in [2.45, 2.75) is 0 Å². The number of rotatable bonds is 1. The third kappa shape index (κ3) is 4.58. The van der Waals surface area contributed by atoms with E-state index in [9.17, 15) is 0 Å². The van der Waals surface area contributed by atoms with Crippen LogP contribution in [0.3, 0.4) is 0 Å². The number of para-hydroxylation sites is 1. The fraction of sp³-hybridized carbons (Fsp3) is 0.0500. The maximum atomic E-state index is 3.92. The number of halogens is 2. The van der Waals surface area contributed by atoms with Gasteiger partial charge in [-0.1, -0.05) is 77.2 Å². The van der Waals surface area contributed by atoms with Crippen LogP contribution in [0.2, 0.25) is 0 Å². The Kier molecular flexibility index (Phi) is 6.32. The summed E-state index contributed by atoms with van der Waals surface area (Å²) in [4.78, 5) is 0. The highest BCUT2D eigenvalue weighted by atomic mass is 79.9. The van der Waals surface area contributed by atoms with Gasteiger partial charge in [0.25, 0.3) is 0 Å². The van der Waals surface area contributed by atoms with Crippen molar-refractivity contribution in [3.8, 4) is 0 Å². The highest BCUT2D eigenvalue weighted by molar-refractivity contribution is 9.10. The molecule has 0 amide bonds. The normalized spacial score (nSPS) is 12.0. The minimum Gasteiger partial charge on any atom is -0.177 e. The topological polar surface area (TPSA) is 28.8 Å². The number of nitrogens with zero attached hydrogens (tertiary/aromatic N) is 3. The molecule has 0 saturated heterocycles. The number of hydrogen-bond donors (Lipinski definition) is 0. The number of fused-ring (bicyclic) bond motifs is 2. The van der Waals surface area contributed by atoms with E-state index in [4.69, 9.17) is 0 Å². The van der Waals surface area contributed by atoms with Crippen LogP contribution in [-0.2, 0) is 0 Å². The molecule has 2 heterocycles. The van der Waals surface area contributed by atoms with E-state index < -0.39 is 0 Å². The molecule has 3 aromatic carbocycles. The van der Waals surface area contributed by atoms with Crippen LogP contribution in [0.15, 0.2) is 75.7 Å². The van der Waals surface area contributed by atoms with Crippen molar-refractivity contribution in [2.24, 2.45) is 0 Å². The fourth-order valence-corrected chi connectivity index (χ4v) is 6.37. The van der Waals surface area contributed by atoms with Crippen molar-refractivity contribution < 1.29 is 0 Å². The Morgan fingerprint density at radius 3 is 2.25 bits per heavy atom. The summed E-state index contributed by atoms with van der Waals surface area (Å²) in [7, 11) is 2.12. The molecule has 0 saturated carbocycles. The Bertz CT molecular complexity index is 1310. The van der Waals surface area contributed by atoms with Crippen LogP contribution in [0.4, 0.5) is 5.69 Å². The SMILES string of the molecule is Brc1ccc2snnc2c1.C/[N+](c1ccccc1)=c1/sc2ccc(Br)cc2s1. The Morgan fingerprint density at radius 1 is 0.786 bits per heavy atom. The maximum absolute atomic E-state index is 3.92. The highest BCUT2D eigenvalue weighted by Crippen LogP contribution is 2.25. The predicted octanol–water partition coefficient (Wildman–Crippen LogP) is 6.91. The van der Waals surface area contributed by atoms with E-state index in [1.165, 1.54) is 30.6 Å². The average Bonchev–Trinajstić information content (AvgIpc) is 3.34. The second kappa shape index (κ2) is 8.92. The van der Waals surface area contributed by atoms with Gasteiger partial charge in [0, 0.05) is 21.1 Å². The van der Waals surface area contributed by atoms with Crippen LogP contribution in [0.25, 0.3) is 19.6 Å². The summed E-state index contributed by atoms with van der Waals surface area (Å²) >= 11 is 12.0. The van der Waals surface area contributed by atoms with Crippen molar-refractivity contribution in [1.29, 1.82) is 0 Å². The molecular formula is C20H14Br2N3S3+. The molecule has 3 nitrogen and oxygen atoms in total. The van der Waals surface area contributed by atoms with Crippen LogP contribution < -0.4 is 8.56 Å². The molecule has 0 N–H and O–H groups in total. The van der Waals surface area contributed by atoms with E-state index in [-0.39, 0.29) is 0 Å². The molecule has 0 aliphatic rings. The quantitative estimate of drug-likeness (QED) is 0.212. The van der Waals surface area contributed by atoms with Gasteiger partial charge in [0.15, 0.2) is 0 Å². The second-order valence-electron chi connectivity index (χ2n) is 5.84. The molecule has 0 aliphatic carbocycles. The molecule has 0 radical (unpaired) electrons. The average molecular weight is 552 g/mol. The van der Waals surface area contributed by atoms with Gasteiger partial charge in [0.05, 0.1) is 14.1 Å². The molecule has 0 aliphatic heterocycles. The van der Waals surface area contributed by atoms with E-state index in [1.807, 2.05) is 46.9 Å². The van der Waals surface area contributed by atoms with Gasteiger partial charge in [-0.2, -0.15) is 4.58 Å². The van der Waals surface area contributed by atoms with Crippen molar-refractivity contribution in [3.63, 3.8) is 0 Å². The maximum Gasteiger partial charge on any atom is 0.320 e. The molecule has 8 heteroatoms. The van der Waals surface area contributed by atoms with E-state index >= 15 is 0 Å². The lowest BCUT2D eigenvalue weighted by Crippen LogP contribution is -2.14. The molecule has 0 bridgehead atoms. The van der Waals surface area contributed by atoms with Gasteiger partial charge in [0.1, 0.15) is 12.6 Å². The third-order valence-corrected chi connectivity index (χ3v) is 8.28. The largest absolute Gasteiger partial charge is 0.320 e. The van der Waals surface area contributed by atoms with Crippen LogP contribution in [0.5, 0.6) is 0 Å². The molecule has 5 rings (SSSR count). The second-order valence-corrected chi connectivity index (χ2v) is 10.8. The first-order valence-corrected chi connectivity index (χ1v) is 12.3. The van der Waals surface area contributed by atoms with Gasteiger partial charge in [-0.3, -0.25) is 0 Å². The van der Waals surface area contributed by atoms with E-state index in [2.05, 4.69) is 95.5 Å². The minimum absolute atomic E-state index is 0.958. The zero-order chi connectivity index (χ0) is 19.5. The minimum atomic E-state index is 0.958. The molecule has 140 valence electrons. The van der Waals surface area contributed by atoms with Gasteiger partial charge in [0.2, 0.25) is 5.69 Å². The summed E-state index contributed by atoms with van der Waals surface area (Å²) in [6, 6.07) is 22.8. The Morgan fingerprint density at radius 2 is 1.46 bits per heavy atom. The van der Waals surface area contributed by atoms with Crippen LogP contribution in [0.1, 0.15) is 0 Å². The first-order chi connectivity index (χ1) is 13.6. The molecule has 28 heavy (non-hydrogen) atoms. The van der Waals surface area contributed by atoms with Crippen molar-refractivity contribution in [1.82, 2.24) is 14.2 Å². The van der Waals surface area contributed by atoms with Crippen molar-refractivity contribution in [3.05, 3.63) is 79.7 Å². The lowest BCUT2D eigenvalue weighted by atomic mass is 10.3. The summed E-state index contributed by atoms with van der Waals surface area (Å²) in [6.45, 7) is 0. The number of hydrogen-bond acceptors (Lipinski definition) is 5. The van der Waals surface area contributed by atoms with Crippen molar-refractivity contribution in [2.75, 3.05) is 7.05 Å². The molecule has 0 spiro atoms. The smallest absolute Gasteiger partial charge is 0.177 e. The standard InChI is InChI=1S/C14H11BrNS2.C6H3BrN2S/c1-16(11-5-3-2-4-6-11)14-17-12-8-7-10(15)9-13(12)18-14;7-4-1-2-6-5(3-4)8-9-10-6/h2-9H,1H3;1-3H/q+1;/b16-14+;. The first-order valence-electron chi connectivity index (χ1n) is 8.29. The summed E-state index contributed by atoms with van der Waals surface area (Å²) in [5.41, 5.74) is 2.18. The molecule has 2 aromatic heterocycles. The number of benzene rings is 3. The molecule has 0 atom stereocenters. The van der Waals surface area contributed by atoms with Gasteiger partial charge in [-0.05, 0) is 47.9 Å². The summed E-state index contributed by atoms with van der Waals surface area (Å²) in [5.74, 6) is 0. The van der Waals surface area contributed by atoms with E-state index in [1.54, 1.807) is 0 Å². The highest BCUT2D eigenvalue weighted by Gasteiger charge is 2.08. The summed E-state index contributed by atoms with van der Waals surface area (Å²) in [5, 5.41) is 3.92. The van der Waals surface area contributed by atoms with E-state index in [0.717, 1.165) is 19.2 Å². The van der Waals surface area contributed by atoms with E-state index in [0.29, 0.717) is 0 Å². The van der Waals surface area contributed by atoms with Crippen LogP contribution in [0, 0.1) is 0 Å². The van der Waals surface area contributed by atoms with Gasteiger partial charge >= 0.3 is 3.98 Å². The Hall–Kier alpha value is -1.45. The fourth-order valence-electron chi connectivity index (χ4n) is 2.50. The van der Waals surface area contributed by atoms with Gasteiger partial charge in [-0.25, -0.2) is 0 Å². The third-order valence-electron chi connectivity index (χ3n) is 3.93. The first kappa shape index (κ1) is 19.8. The van der Waals surface area contributed by atoms with Crippen LogP contribution in [-0.4, -0.2) is 16.6 Å². The molecule has 0 fully saturated rings. The Balaban J connectivity index is 0.000000162. The molecule has 5 aromatic rings. The lowest BCUT2D eigenvalue weighted by molar-refractivity contribution is 0.931. The lowest BCUT2D eigenvalue weighted by Gasteiger charge is -1.91. The monoisotopic (exact) mass is 550 g/mol. The number of aromatic nitrogens is 2. The van der Waals surface area contributed by atoms with Gasteiger partial charge in [-0.15, -0.1) is 5.10 Å². The molecule has 0 unspecified atom stereocenters. The van der Waals surface area contributed by atoms with Crippen molar-refractivity contribution >= 4 is 91.4 Å².